The van der Waals surface area contributed by atoms with Gasteiger partial charge < -0.3 is 10.6 Å². The number of nitrogens with zero attached hydrogens (tertiary/aromatic N) is 2. The van der Waals surface area contributed by atoms with E-state index in [1.165, 1.54) is 12.1 Å². The third kappa shape index (κ3) is 3.24. The van der Waals surface area contributed by atoms with E-state index in [1.807, 2.05) is 6.92 Å². The first-order chi connectivity index (χ1) is 8.66. The zero-order valence-electron chi connectivity index (χ0n) is 10.3. The summed E-state index contributed by atoms with van der Waals surface area (Å²) in [6.07, 6.45) is 1.09. The molecule has 2 N–H and O–H groups in total. The largest absolute Gasteiger partial charge is 0.314 e. The highest BCUT2D eigenvalue weighted by atomic mass is 19.1. The summed E-state index contributed by atoms with van der Waals surface area (Å²) < 4.78 is 12.7. The van der Waals surface area contributed by atoms with E-state index in [-0.39, 0.29) is 11.9 Å². The van der Waals surface area contributed by atoms with Gasteiger partial charge in [0.25, 0.3) is 0 Å². The standard InChI is InChI=1S/C12H17FN4O/c1-9(17-6-4-14-5-7-17)12(18)16-11-3-2-10(13)8-15-11/h2-3,8-9,14H,4-7H2,1H3,(H,15,16,18). The van der Waals surface area contributed by atoms with Gasteiger partial charge in [-0.1, -0.05) is 0 Å². The van der Waals surface area contributed by atoms with E-state index in [0.717, 1.165) is 32.4 Å². The molecule has 18 heavy (non-hydrogen) atoms. The SMILES string of the molecule is CC(C(=O)Nc1ccc(F)cn1)N1CCNCC1. The fourth-order valence-corrected chi connectivity index (χ4v) is 1.92. The number of carbonyl (C=O) groups is 1. The summed E-state index contributed by atoms with van der Waals surface area (Å²) in [6.45, 7) is 5.36. The Morgan fingerprint density at radius 3 is 2.83 bits per heavy atom. The quantitative estimate of drug-likeness (QED) is 0.820. The lowest BCUT2D eigenvalue weighted by atomic mass is 10.2. The number of hydrogen-bond donors (Lipinski definition) is 2. The molecule has 1 saturated heterocycles. The van der Waals surface area contributed by atoms with Crippen LogP contribution in [0.15, 0.2) is 18.3 Å². The van der Waals surface area contributed by atoms with Crippen LogP contribution in [0.4, 0.5) is 10.2 Å². The molecule has 0 radical (unpaired) electrons. The average molecular weight is 252 g/mol. The van der Waals surface area contributed by atoms with Gasteiger partial charge in [-0.2, -0.15) is 0 Å². The van der Waals surface area contributed by atoms with Crippen LogP contribution in [-0.4, -0.2) is 48.0 Å². The molecule has 1 amide bonds. The van der Waals surface area contributed by atoms with E-state index >= 15 is 0 Å². The lowest BCUT2D eigenvalue weighted by Crippen LogP contribution is -2.51. The summed E-state index contributed by atoms with van der Waals surface area (Å²) in [5.74, 6) is -0.150. The highest BCUT2D eigenvalue weighted by Crippen LogP contribution is 2.07. The van der Waals surface area contributed by atoms with Gasteiger partial charge in [-0.3, -0.25) is 9.69 Å². The third-order valence-corrected chi connectivity index (χ3v) is 3.06. The summed E-state index contributed by atoms with van der Waals surface area (Å²) in [7, 11) is 0. The van der Waals surface area contributed by atoms with Gasteiger partial charge in [-0.25, -0.2) is 9.37 Å². The molecule has 1 atom stereocenters. The molecule has 1 unspecified atom stereocenters. The number of pyridine rings is 1. The van der Waals surface area contributed by atoms with Crippen LogP contribution in [0.1, 0.15) is 6.92 Å². The van der Waals surface area contributed by atoms with Gasteiger partial charge >= 0.3 is 0 Å². The van der Waals surface area contributed by atoms with Crippen molar-refractivity contribution in [2.24, 2.45) is 0 Å². The molecular formula is C12H17FN4O. The van der Waals surface area contributed by atoms with E-state index in [2.05, 4.69) is 20.5 Å². The van der Waals surface area contributed by atoms with Gasteiger partial charge in [-0.15, -0.1) is 0 Å². The number of rotatable bonds is 3. The van der Waals surface area contributed by atoms with E-state index < -0.39 is 5.82 Å². The minimum Gasteiger partial charge on any atom is -0.314 e. The van der Waals surface area contributed by atoms with Crippen molar-refractivity contribution in [1.29, 1.82) is 0 Å². The van der Waals surface area contributed by atoms with Crippen molar-refractivity contribution >= 4 is 11.7 Å². The van der Waals surface area contributed by atoms with E-state index in [0.29, 0.717) is 5.82 Å². The molecule has 1 aliphatic rings. The van der Waals surface area contributed by atoms with Crippen LogP contribution in [0.2, 0.25) is 0 Å². The summed E-state index contributed by atoms with van der Waals surface area (Å²) in [5, 5.41) is 5.92. The van der Waals surface area contributed by atoms with Crippen molar-refractivity contribution in [2.75, 3.05) is 31.5 Å². The molecule has 0 aliphatic carbocycles. The van der Waals surface area contributed by atoms with Crippen LogP contribution in [-0.2, 0) is 4.79 Å². The summed E-state index contributed by atoms with van der Waals surface area (Å²) in [5.41, 5.74) is 0. The number of hydrogen-bond acceptors (Lipinski definition) is 4. The number of carbonyl (C=O) groups excluding carboxylic acids is 1. The van der Waals surface area contributed by atoms with Crippen LogP contribution in [0.25, 0.3) is 0 Å². The van der Waals surface area contributed by atoms with E-state index in [1.54, 1.807) is 0 Å². The molecule has 5 nitrogen and oxygen atoms in total. The smallest absolute Gasteiger partial charge is 0.242 e. The first kappa shape index (κ1) is 12.9. The molecule has 0 aromatic carbocycles. The maximum absolute atomic E-state index is 12.7. The Hall–Kier alpha value is -1.53. The van der Waals surface area contributed by atoms with Gasteiger partial charge in [0, 0.05) is 26.2 Å². The Morgan fingerprint density at radius 1 is 1.50 bits per heavy atom. The second-order valence-electron chi connectivity index (χ2n) is 4.31. The molecule has 2 heterocycles. The van der Waals surface area contributed by atoms with Crippen LogP contribution >= 0.6 is 0 Å². The monoisotopic (exact) mass is 252 g/mol. The number of piperazine rings is 1. The molecule has 6 heteroatoms. The molecule has 0 spiro atoms. The van der Waals surface area contributed by atoms with Gasteiger partial charge in [0.15, 0.2) is 0 Å². The van der Waals surface area contributed by atoms with Crippen LogP contribution < -0.4 is 10.6 Å². The van der Waals surface area contributed by atoms with Crippen molar-refractivity contribution in [1.82, 2.24) is 15.2 Å². The Kier molecular flexibility index (Phi) is 4.22. The lowest BCUT2D eigenvalue weighted by molar-refractivity contribution is -0.121. The Labute approximate surface area is 105 Å². The summed E-state index contributed by atoms with van der Waals surface area (Å²) >= 11 is 0. The fraction of sp³-hybridized carbons (Fsp3) is 0.500. The van der Waals surface area contributed by atoms with Crippen molar-refractivity contribution < 1.29 is 9.18 Å². The zero-order valence-corrected chi connectivity index (χ0v) is 10.3. The highest BCUT2D eigenvalue weighted by molar-refractivity contribution is 5.93. The molecule has 1 aromatic heterocycles. The average Bonchev–Trinajstić information content (AvgIpc) is 2.41. The predicted octanol–water partition coefficient (Wildman–Crippen LogP) is 0.453. The second kappa shape index (κ2) is 5.88. The highest BCUT2D eigenvalue weighted by Gasteiger charge is 2.22. The minimum absolute atomic E-state index is 0.115. The summed E-state index contributed by atoms with van der Waals surface area (Å²) in [6, 6.07) is 2.52. The normalized spacial score (nSPS) is 18.3. The minimum atomic E-state index is -0.414. The molecule has 1 fully saturated rings. The van der Waals surface area contributed by atoms with Crippen LogP contribution in [0.3, 0.4) is 0 Å². The van der Waals surface area contributed by atoms with E-state index in [9.17, 15) is 9.18 Å². The van der Waals surface area contributed by atoms with Crippen LogP contribution in [0, 0.1) is 5.82 Å². The van der Waals surface area contributed by atoms with Gasteiger partial charge in [0.1, 0.15) is 11.6 Å². The molecule has 0 bridgehead atoms. The molecular weight excluding hydrogens is 235 g/mol. The van der Waals surface area contributed by atoms with Crippen molar-refractivity contribution in [3.05, 3.63) is 24.1 Å². The molecule has 2 rings (SSSR count). The van der Waals surface area contributed by atoms with E-state index in [4.69, 9.17) is 0 Å². The first-order valence-corrected chi connectivity index (χ1v) is 6.04. The van der Waals surface area contributed by atoms with Crippen LogP contribution in [0.5, 0.6) is 0 Å². The van der Waals surface area contributed by atoms with Gasteiger partial charge in [0.2, 0.25) is 5.91 Å². The summed E-state index contributed by atoms with van der Waals surface area (Å²) in [4.78, 5) is 17.9. The zero-order chi connectivity index (χ0) is 13.0. The topological polar surface area (TPSA) is 57.3 Å². The maximum atomic E-state index is 12.7. The molecule has 1 aliphatic heterocycles. The van der Waals surface area contributed by atoms with Gasteiger partial charge in [-0.05, 0) is 19.1 Å². The van der Waals surface area contributed by atoms with Crippen molar-refractivity contribution in [3.8, 4) is 0 Å². The second-order valence-corrected chi connectivity index (χ2v) is 4.31. The number of halogens is 1. The maximum Gasteiger partial charge on any atom is 0.242 e. The number of nitrogens with one attached hydrogen (secondary N) is 2. The third-order valence-electron chi connectivity index (χ3n) is 3.06. The number of anilines is 1. The lowest BCUT2D eigenvalue weighted by Gasteiger charge is -2.31. The van der Waals surface area contributed by atoms with Crippen molar-refractivity contribution in [2.45, 2.75) is 13.0 Å². The van der Waals surface area contributed by atoms with Gasteiger partial charge in [0.05, 0.1) is 12.2 Å². The number of aromatic nitrogens is 1. The Morgan fingerprint density at radius 2 is 2.22 bits per heavy atom. The molecule has 0 saturated carbocycles. The fourth-order valence-electron chi connectivity index (χ4n) is 1.92. The molecule has 98 valence electrons. The first-order valence-electron chi connectivity index (χ1n) is 6.04. The Balaban J connectivity index is 1.92. The predicted molar refractivity (Wildman–Crippen MR) is 66.7 cm³/mol. The number of amides is 1. The molecule has 1 aromatic rings. The Bertz CT molecular complexity index is 403. The van der Waals surface area contributed by atoms with Crippen molar-refractivity contribution in [3.63, 3.8) is 0 Å².